The molecule has 0 fully saturated rings. The van der Waals surface area contributed by atoms with Gasteiger partial charge >= 0.3 is 0 Å². The summed E-state index contributed by atoms with van der Waals surface area (Å²) in [5, 5.41) is 6.94. The van der Waals surface area contributed by atoms with Gasteiger partial charge in [-0.2, -0.15) is 0 Å². The van der Waals surface area contributed by atoms with Crippen LogP contribution < -0.4 is 5.32 Å². The number of benzene rings is 1. The molecule has 1 N–H and O–H groups in total. The van der Waals surface area contributed by atoms with Crippen LogP contribution in [0.15, 0.2) is 69.0 Å². The number of nitrogens with zero attached hydrogens (tertiary/aromatic N) is 1. The zero-order chi connectivity index (χ0) is 16.4. The Morgan fingerprint density at radius 2 is 2.21 bits per heavy atom. The molecule has 0 saturated carbocycles. The Morgan fingerprint density at radius 1 is 1.25 bits per heavy atom. The van der Waals surface area contributed by atoms with E-state index in [2.05, 4.69) is 80.2 Å². The molecule has 2 heterocycles. The number of amidine groups is 1. The van der Waals surface area contributed by atoms with Gasteiger partial charge in [0.05, 0.1) is 6.54 Å². The fraction of sp³-hybridized carbons (Fsp3) is 0.250. The van der Waals surface area contributed by atoms with Crippen molar-refractivity contribution >= 4 is 43.2 Å². The second-order valence-corrected chi connectivity index (χ2v) is 7.93. The molecule has 0 radical (unpaired) electrons. The van der Waals surface area contributed by atoms with Gasteiger partial charge in [-0.25, -0.2) is 0 Å². The molecule has 4 heteroatoms. The second kappa shape index (κ2) is 7.08. The fourth-order valence-corrected chi connectivity index (χ4v) is 4.81. The highest BCUT2D eigenvalue weighted by Gasteiger charge is 2.20. The van der Waals surface area contributed by atoms with E-state index in [1.54, 1.807) is 0 Å². The molecule has 1 aliphatic carbocycles. The Hall–Kier alpha value is -1.65. The van der Waals surface area contributed by atoms with Crippen molar-refractivity contribution in [2.45, 2.75) is 12.8 Å². The quantitative estimate of drug-likeness (QED) is 0.745. The van der Waals surface area contributed by atoms with Crippen LogP contribution >= 0.6 is 27.3 Å². The van der Waals surface area contributed by atoms with Crippen LogP contribution in [0, 0.1) is 5.92 Å². The molecule has 24 heavy (non-hydrogen) atoms. The van der Waals surface area contributed by atoms with Crippen LogP contribution in [0.5, 0.6) is 0 Å². The van der Waals surface area contributed by atoms with Crippen molar-refractivity contribution in [3.8, 4) is 0 Å². The van der Waals surface area contributed by atoms with E-state index in [1.807, 2.05) is 11.3 Å². The SMILES string of the molecule is Brc1cc(CCC2C=CC=CC=C2C2=NCCN2)c2sccc2c1. The van der Waals surface area contributed by atoms with Crippen LogP contribution in [0.1, 0.15) is 12.0 Å². The maximum Gasteiger partial charge on any atom is 0.124 e. The molecule has 0 amide bonds. The predicted octanol–water partition coefficient (Wildman–Crippen LogP) is 5.27. The number of hydrogen-bond donors (Lipinski definition) is 1. The van der Waals surface area contributed by atoms with E-state index < -0.39 is 0 Å². The van der Waals surface area contributed by atoms with Crippen molar-refractivity contribution in [2.75, 3.05) is 13.1 Å². The first kappa shape index (κ1) is 15.9. The topological polar surface area (TPSA) is 24.4 Å². The summed E-state index contributed by atoms with van der Waals surface area (Å²) in [5.74, 6) is 1.48. The van der Waals surface area contributed by atoms with Gasteiger partial charge in [0.1, 0.15) is 5.84 Å². The van der Waals surface area contributed by atoms with Crippen LogP contribution in [0.4, 0.5) is 0 Å². The van der Waals surface area contributed by atoms with E-state index in [0.717, 1.165) is 31.8 Å². The number of allylic oxidation sites excluding steroid dienone is 5. The first-order valence-corrected chi connectivity index (χ1v) is 9.98. The number of fused-ring (bicyclic) bond motifs is 1. The number of hydrogen-bond acceptors (Lipinski definition) is 3. The minimum Gasteiger partial charge on any atom is -0.368 e. The third-order valence-electron chi connectivity index (χ3n) is 4.51. The van der Waals surface area contributed by atoms with Gasteiger partial charge in [0, 0.05) is 27.2 Å². The largest absolute Gasteiger partial charge is 0.368 e. The molecule has 1 aromatic carbocycles. The van der Waals surface area contributed by atoms with Crippen LogP contribution in [-0.2, 0) is 6.42 Å². The van der Waals surface area contributed by atoms with Crippen molar-refractivity contribution in [3.63, 3.8) is 0 Å². The van der Waals surface area contributed by atoms with Gasteiger partial charge in [-0.05, 0) is 47.4 Å². The van der Waals surface area contributed by atoms with Crippen LogP contribution in [0.2, 0.25) is 0 Å². The number of aryl methyl sites for hydroxylation is 1. The smallest absolute Gasteiger partial charge is 0.124 e. The summed E-state index contributed by atoms with van der Waals surface area (Å²) < 4.78 is 2.58. The molecule has 1 unspecified atom stereocenters. The molecule has 0 saturated heterocycles. The van der Waals surface area contributed by atoms with Crippen molar-refractivity contribution in [1.82, 2.24) is 5.32 Å². The lowest BCUT2D eigenvalue weighted by atomic mass is 9.91. The lowest BCUT2D eigenvalue weighted by Crippen LogP contribution is -2.24. The van der Waals surface area contributed by atoms with Gasteiger partial charge in [0.2, 0.25) is 0 Å². The Bertz CT molecular complexity index is 873. The first-order valence-electron chi connectivity index (χ1n) is 8.30. The molecular formula is C20H19BrN2S. The van der Waals surface area contributed by atoms with E-state index in [9.17, 15) is 0 Å². The highest BCUT2D eigenvalue weighted by molar-refractivity contribution is 9.10. The number of halogens is 1. The highest BCUT2D eigenvalue weighted by Crippen LogP contribution is 2.31. The summed E-state index contributed by atoms with van der Waals surface area (Å²) in [4.78, 5) is 4.63. The third kappa shape index (κ3) is 3.26. The fourth-order valence-electron chi connectivity index (χ4n) is 3.36. The van der Waals surface area contributed by atoms with Gasteiger partial charge in [-0.15, -0.1) is 11.3 Å². The van der Waals surface area contributed by atoms with Crippen molar-refractivity contribution in [1.29, 1.82) is 0 Å². The van der Waals surface area contributed by atoms with Crippen molar-refractivity contribution in [2.24, 2.45) is 10.9 Å². The molecular weight excluding hydrogens is 380 g/mol. The molecule has 122 valence electrons. The summed E-state index contributed by atoms with van der Waals surface area (Å²) in [7, 11) is 0. The molecule has 0 bridgehead atoms. The average Bonchev–Trinajstić information content (AvgIpc) is 3.21. The van der Waals surface area contributed by atoms with E-state index >= 15 is 0 Å². The molecule has 1 atom stereocenters. The van der Waals surface area contributed by atoms with Crippen LogP contribution in [-0.4, -0.2) is 18.9 Å². The van der Waals surface area contributed by atoms with E-state index in [1.165, 1.54) is 25.7 Å². The molecule has 4 rings (SSSR count). The molecule has 2 nitrogen and oxygen atoms in total. The third-order valence-corrected chi connectivity index (χ3v) is 5.97. The summed E-state index contributed by atoms with van der Waals surface area (Å²) in [6, 6.07) is 6.67. The monoisotopic (exact) mass is 398 g/mol. The highest BCUT2D eigenvalue weighted by atomic mass is 79.9. The maximum absolute atomic E-state index is 4.63. The summed E-state index contributed by atoms with van der Waals surface area (Å²) in [6.07, 6.45) is 13.1. The molecule has 1 aromatic heterocycles. The van der Waals surface area contributed by atoms with E-state index in [4.69, 9.17) is 0 Å². The van der Waals surface area contributed by atoms with Crippen LogP contribution in [0.25, 0.3) is 10.1 Å². The van der Waals surface area contributed by atoms with Gasteiger partial charge in [0.15, 0.2) is 0 Å². The molecule has 2 aromatic rings. The maximum atomic E-state index is 4.63. The Morgan fingerprint density at radius 3 is 3.08 bits per heavy atom. The standard InChI is InChI=1S/C20H19BrN2S/c21-17-12-15(19-16(13-17)8-11-24-19)7-6-14-4-2-1-3-5-18(14)20-22-9-10-23-20/h1-5,8,11-14H,6-7,9-10H2,(H,22,23). The zero-order valence-electron chi connectivity index (χ0n) is 13.3. The van der Waals surface area contributed by atoms with Gasteiger partial charge in [-0.3, -0.25) is 4.99 Å². The van der Waals surface area contributed by atoms with Gasteiger partial charge in [0.25, 0.3) is 0 Å². The van der Waals surface area contributed by atoms with Crippen LogP contribution in [0.3, 0.4) is 0 Å². The lowest BCUT2D eigenvalue weighted by molar-refractivity contribution is 0.692. The number of nitrogens with one attached hydrogen (secondary N) is 1. The predicted molar refractivity (Wildman–Crippen MR) is 108 cm³/mol. The van der Waals surface area contributed by atoms with E-state index in [-0.39, 0.29) is 0 Å². The molecule has 1 aliphatic heterocycles. The van der Waals surface area contributed by atoms with Gasteiger partial charge < -0.3 is 5.32 Å². The summed E-state index contributed by atoms with van der Waals surface area (Å²) >= 11 is 5.49. The summed E-state index contributed by atoms with van der Waals surface area (Å²) in [5.41, 5.74) is 2.75. The second-order valence-electron chi connectivity index (χ2n) is 6.10. The normalized spacial score (nSPS) is 20.0. The van der Waals surface area contributed by atoms with E-state index in [0.29, 0.717) is 5.92 Å². The Balaban J connectivity index is 1.58. The summed E-state index contributed by atoms with van der Waals surface area (Å²) in [6.45, 7) is 1.84. The molecule has 2 aliphatic rings. The lowest BCUT2D eigenvalue weighted by Gasteiger charge is -2.17. The number of rotatable bonds is 4. The zero-order valence-corrected chi connectivity index (χ0v) is 15.7. The van der Waals surface area contributed by atoms with Gasteiger partial charge in [-0.1, -0.05) is 46.3 Å². The minimum atomic E-state index is 0.401. The average molecular weight is 399 g/mol. The Labute approximate surface area is 154 Å². The molecule has 0 spiro atoms. The number of thiophene rings is 1. The van der Waals surface area contributed by atoms with Crippen molar-refractivity contribution < 1.29 is 0 Å². The minimum absolute atomic E-state index is 0.401. The Kier molecular flexibility index (Phi) is 4.67. The number of aliphatic imine (C=N–C) groups is 1. The first-order chi connectivity index (χ1) is 11.8. The van der Waals surface area contributed by atoms with Crippen molar-refractivity contribution in [3.05, 3.63) is 69.6 Å².